The number of aliphatic hydroxyl groups excluding tert-OH is 4. The summed E-state index contributed by atoms with van der Waals surface area (Å²) < 4.78 is 11.8. The van der Waals surface area contributed by atoms with Gasteiger partial charge < -0.3 is 35.0 Å². The van der Waals surface area contributed by atoms with Crippen LogP contribution in [-0.2, 0) is 9.47 Å². The predicted molar refractivity (Wildman–Crippen MR) is 121 cm³/mol. The first-order valence-corrected chi connectivity index (χ1v) is 12.2. The highest BCUT2D eigenvalue weighted by atomic mass is 16.7. The van der Waals surface area contributed by atoms with Crippen molar-refractivity contribution in [2.24, 2.45) is 22.7 Å². The third-order valence-electron chi connectivity index (χ3n) is 9.44. The molecule has 10 atom stereocenters. The van der Waals surface area contributed by atoms with Crippen LogP contribution in [0, 0.1) is 22.7 Å². The van der Waals surface area contributed by atoms with E-state index in [2.05, 4.69) is 32.6 Å². The van der Waals surface area contributed by atoms with Crippen LogP contribution in [0.25, 0.3) is 0 Å². The van der Waals surface area contributed by atoms with Crippen molar-refractivity contribution in [2.75, 3.05) is 6.61 Å². The highest BCUT2D eigenvalue weighted by Gasteiger charge is 2.59. The first kappa shape index (κ1) is 23.7. The van der Waals surface area contributed by atoms with E-state index in [0.29, 0.717) is 12.3 Å². The fourth-order valence-electron chi connectivity index (χ4n) is 7.41. The van der Waals surface area contributed by atoms with Crippen molar-refractivity contribution in [3.63, 3.8) is 0 Å². The lowest BCUT2D eigenvalue weighted by Gasteiger charge is -2.42. The molecule has 0 unspecified atom stereocenters. The Kier molecular flexibility index (Phi) is 5.54. The Morgan fingerprint density at radius 3 is 2.55 bits per heavy atom. The fourth-order valence-corrected chi connectivity index (χ4v) is 7.41. The van der Waals surface area contributed by atoms with Crippen molar-refractivity contribution >= 4 is 0 Å². The summed E-state index contributed by atoms with van der Waals surface area (Å²) in [5, 5.41) is 51.2. The van der Waals surface area contributed by atoms with E-state index in [0.717, 1.165) is 36.8 Å². The second-order valence-corrected chi connectivity index (χ2v) is 11.8. The van der Waals surface area contributed by atoms with Gasteiger partial charge in [-0.3, -0.25) is 0 Å². The highest BCUT2D eigenvalue weighted by molar-refractivity contribution is 5.52. The monoisotopic (exact) mass is 462 g/mol. The topological polar surface area (TPSA) is 120 Å². The van der Waals surface area contributed by atoms with Crippen LogP contribution in [-0.4, -0.2) is 74.6 Å². The SMILES string of the molecule is C=C1C2=C(C=C[C@@]34C[C@@H](CC[C@@H]13)[C@](C)(O)C4)C(C)(C)[C@@H](O[C@@H]1O[C@H](CO)[C@@H](O)[C@H](O)[C@H]1O)C2. The van der Waals surface area contributed by atoms with Crippen LogP contribution in [0.2, 0.25) is 0 Å². The van der Waals surface area contributed by atoms with Gasteiger partial charge in [-0.25, -0.2) is 0 Å². The molecule has 5 rings (SSSR count). The molecule has 1 spiro atoms. The molecule has 0 amide bonds. The molecule has 7 heteroatoms. The lowest BCUT2D eigenvalue weighted by molar-refractivity contribution is -0.316. The zero-order chi connectivity index (χ0) is 23.9. The van der Waals surface area contributed by atoms with Crippen molar-refractivity contribution in [3.8, 4) is 0 Å². The van der Waals surface area contributed by atoms with Gasteiger partial charge in [0.2, 0.25) is 0 Å². The van der Waals surface area contributed by atoms with Crippen molar-refractivity contribution in [1.29, 1.82) is 0 Å². The van der Waals surface area contributed by atoms with Crippen molar-refractivity contribution < 1.29 is 35.0 Å². The van der Waals surface area contributed by atoms with Gasteiger partial charge in [-0.1, -0.05) is 32.6 Å². The van der Waals surface area contributed by atoms with E-state index in [-0.39, 0.29) is 17.4 Å². The van der Waals surface area contributed by atoms with Gasteiger partial charge in [0.25, 0.3) is 0 Å². The molecular weight excluding hydrogens is 424 g/mol. The molecule has 0 aromatic rings. The quantitative estimate of drug-likeness (QED) is 0.432. The number of rotatable bonds is 3. The molecular formula is C26H38O7. The average molecular weight is 463 g/mol. The molecule has 1 saturated heterocycles. The second-order valence-electron chi connectivity index (χ2n) is 11.8. The molecule has 1 aliphatic heterocycles. The highest BCUT2D eigenvalue weighted by Crippen LogP contribution is 2.64. The molecule has 33 heavy (non-hydrogen) atoms. The first-order chi connectivity index (χ1) is 15.4. The normalized spacial score (nSPS) is 50.8. The summed E-state index contributed by atoms with van der Waals surface area (Å²) in [5.41, 5.74) is 2.36. The molecule has 7 nitrogen and oxygen atoms in total. The van der Waals surface area contributed by atoms with Gasteiger partial charge in [-0.2, -0.15) is 0 Å². The second kappa shape index (κ2) is 7.72. The molecule has 2 bridgehead atoms. The van der Waals surface area contributed by atoms with Crippen molar-refractivity contribution in [3.05, 3.63) is 35.5 Å². The van der Waals surface area contributed by atoms with Crippen LogP contribution in [0.4, 0.5) is 0 Å². The lowest BCUT2D eigenvalue weighted by atomic mass is 9.64. The number of hydrogen-bond acceptors (Lipinski definition) is 7. The molecule has 0 aromatic carbocycles. The number of ether oxygens (including phenoxy) is 2. The molecule has 5 aliphatic rings. The molecule has 2 saturated carbocycles. The maximum absolute atomic E-state index is 11.0. The van der Waals surface area contributed by atoms with Crippen LogP contribution >= 0.6 is 0 Å². The molecule has 0 aromatic heterocycles. The summed E-state index contributed by atoms with van der Waals surface area (Å²) in [7, 11) is 0. The van der Waals surface area contributed by atoms with Crippen LogP contribution in [0.1, 0.15) is 52.9 Å². The standard InChI is InChI=1S/C26H38O7/c1-13-15-9-19(33-23-22(30)21(29)20(28)18(11-27)32-23)24(2,3)17(15)7-8-26-10-14(5-6-16(13)26)25(4,31)12-26/h7-8,14,16,18-23,27-31H,1,5-6,9-12H2,2-4H3/t14-,16+,18-,19+,20-,21+,22-,23+,25-,26+/m1/s1. The largest absolute Gasteiger partial charge is 0.394 e. The molecule has 5 N–H and O–H groups in total. The van der Waals surface area contributed by atoms with E-state index in [9.17, 15) is 25.5 Å². The summed E-state index contributed by atoms with van der Waals surface area (Å²) in [6, 6.07) is 0. The first-order valence-electron chi connectivity index (χ1n) is 12.2. The van der Waals surface area contributed by atoms with Gasteiger partial charge in [-0.15, -0.1) is 0 Å². The third kappa shape index (κ3) is 3.43. The Morgan fingerprint density at radius 2 is 1.85 bits per heavy atom. The Hall–Kier alpha value is -1.06. The minimum absolute atomic E-state index is 0.0580. The van der Waals surface area contributed by atoms with Gasteiger partial charge in [0, 0.05) is 11.8 Å². The predicted octanol–water partition coefficient (Wildman–Crippen LogP) is 1.58. The van der Waals surface area contributed by atoms with E-state index in [1.165, 1.54) is 5.57 Å². The molecule has 3 fully saturated rings. The number of fused-ring (bicyclic) bond motifs is 1. The summed E-state index contributed by atoms with van der Waals surface area (Å²) >= 11 is 0. The van der Waals surface area contributed by atoms with Gasteiger partial charge in [0.05, 0.1) is 18.3 Å². The lowest BCUT2D eigenvalue weighted by Crippen LogP contribution is -2.60. The average Bonchev–Trinajstić information content (AvgIpc) is 3.06. The van der Waals surface area contributed by atoms with Crippen LogP contribution in [0.15, 0.2) is 35.5 Å². The number of hydrogen-bond donors (Lipinski definition) is 5. The number of aliphatic hydroxyl groups is 5. The van der Waals surface area contributed by atoms with E-state index in [1.807, 2.05) is 6.92 Å². The Labute approximate surface area is 195 Å². The zero-order valence-electron chi connectivity index (χ0n) is 19.8. The molecule has 184 valence electrons. The van der Waals surface area contributed by atoms with Gasteiger partial charge in [0.1, 0.15) is 24.4 Å². The fraction of sp³-hybridized carbons (Fsp3) is 0.769. The maximum Gasteiger partial charge on any atom is 0.187 e. The Bertz CT molecular complexity index is 887. The Morgan fingerprint density at radius 1 is 1.12 bits per heavy atom. The Balaban J connectivity index is 1.41. The molecule has 1 heterocycles. The van der Waals surface area contributed by atoms with Crippen molar-refractivity contribution in [2.45, 2.75) is 95.3 Å². The third-order valence-corrected chi connectivity index (χ3v) is 9.44. The van der Waals surface area contributed by atoms with Gasteiger partial charge in [-0.05, 0) is 66.6 Å². The summed E-state index contributed by atoms with van der Waals surface area (Å²) in [4.78, 5) is 0. The summed E-state index contributed by atoms with van der Waals surface area (Å²) in [5.74, 6) is 0.614. The summed E-state index contributed by atoms with van der Waals surface area (Å²) in [6.45, 7) is 10.2. The number of allylic oxidation sites excluding steroid dienone is 3. The van der Waals surface area contributed by atoms with Crippen LogP contribution in [0.3, 0.4) is 0 Å². The minimum Gasteiger partial charge on any atom is -0.394 e. The molecule has 4 aliphatic carbocycles. The summed E-state index contributed by atoms with van der Waals surface area (Å²) in [6.07, 6.45) is 2.13. The smallest absolute Gasteiger partial charge is 0.187 e. The van der Waals surface area contributed by atoms with E-state index < -0.39 is 48.3 Å². The van der Waals surface area contributed by atoms with E-state index in [4.69, 9.17) is 9.47 Å². The van der Waals surface area contributed by atoms with Crippen LogP contribution < -0.4 is 0 Å². The van der Waals surface area contributed by atoms with Gasteiger partial charge in [0.15, 0.2) is 6.29 Å². The van der Waals surface area contributed by atoms with E-state index >= 15 is 0 Å². The van der Waals surface area contributed by atoms with Gasteiger partial charge >= 0.3 is 0 Å². The minimum atomic E-state index is -1.46. The van der Waals surface area contributed by atoms with E-state index in [1.54, 1.807) is 0 Å². The van der Waals surface area contributed by atoms with Crippen LogP contribution in [0.5, 0.6) is 0 Å². The van der Waals surface area contributed by atoms with Crippen molar-refractivity contribution in [1.82, 2.24) is 0 Å². The maximum atomic E-state index is 11.0. The zero-order valence-corrected chi connectivity index (χ0v) is 19.8. The molecule has 0 radical (unpaired) electrons.